The summed E-state index contributed by atoms with van der Waals surface area (Å²) in [5.41, 5.74) is 3.59. The molecule has 36 heavy (non-hydrogen) atoms. The van der Waals surface area contributed by atoms with E-state index in [0.29, 0.717) is 27.3 Å². The summed E-state index contributed by atoms with van der Waals surface area (Å²) in [6.45, 7) is 5.56. The molecule has 0 aliphatic rings. The third-order valence-corrected chi connectivity index (χ3v) is 6.37. The Morgan fingerprint density at radius 3 is 2.44 bits per heavy atom. The number of halogens is 1. The summed E-state index contributed by atoms with van der Waals surface area (Å²) in [5.74, 6) is -0.0283. The molecule has 1 heterocycles. The average Bonchev–Trinajstić information content (AvgIpc) is 3.28. The second-order valence-corrected chi connectivity index (χ2v) is 9.68. The second kappa shape index (κ2) is 11.4. The van der Waals surface area contributed by atoms with Gasteiger partial charge in [-0.05, 0) is 51.1 Å². The maximum atomic E-state index is 12.8. The Morgan fingerprint density at radius 1 is 1.03 bits per heavy atom. The monoisotopic (exact) mass is 520 g/mol. The lowest BCUT2D eigenvalue weighted by molar-refractivity contribution is -0.113. The molecule has 184 valence electrons. The first-order valence-electron chi connectivity index (χ1n) is 11.3. The van der Waals surface area contributed by atoms with Gasteiger partial charge in [0.05, 0.1) is 28.1 Å². The Hall–Kier alpha value is -3.62. The fraction of sp³-hybridized carbons (Fsp3) is 0.185. The Labute approximate surface area is 218 Å². The molecule has 0 saturated heterocycles. The second-order valence-electron chi connectivity index (χ2n) is 8.33. The number of ether oxygens (including phenoxy) is 1. The van der Waals surface area contributed by atoms with E-state index in [1.165, 1.54) is 17.8 Å². The molecule has 0 fully saturated rings. The number of hydrogen-bond donors (Lipinski definition) is 1. The minimum Gasteiger partial charge on any atom is -0.459 e. The number of thioether (sulfide) groups is 1. The highest BCUT2D eigenvalue weighted by Crippen LogP contribution is 2.29. The molecule has 0 unspecified atom stereocenters. The van der Waals surface area contributed by atoms with E-state index in [1.807, 2.05) is 66.1 Å². The topological polar surface area (TPSA) is 86.1 Å². The number of anilines is 1. The number of esters is 1. The van der Waals surface area contributed by atoms with Crippen molar-refractivity contribution in [2.45, 2.75) is 32.0 Å². The maximum absolute atomic E-state index is 12.8. The van der Waals surface area contributed by atoms with Crippen LogP contribution in [-0.4, -0.2) is 38.5 Å². The fourth-order valence-corrected chi connectivity index (χ4v) is 4.33. The van der Waals surface area contributed by atoms with Crippen LogP contribution in [0, 0.1) is 6.92 Å². The van der Waals surface area contributed by atoms with Crippen LogP contribution in [0.5, 0.6) is 0 Å². The summed E-state index contributed by atoms with van der Waals surface area (Å²) in [7, 11) is 0. The third-order valence-electron chi connectivity index (χ3n) is 5.11. The first-order chi connectivity index (χ1) is 17.3. The molecule has 1 aromatic heterocycles. The third kappa shape index (κ3) is 6.13. The summed E-state index contributed by atoms with van der Waals surface area (Å²) in [6.07, 6.45) is -0.255. The van der Waals surface area contributed by atoms with Gasteiger partial charge in [0.2, 0.25) is 5.91 Å². The molecule has 0 bridgehead atoms. The van der Waals surface area contributed by atoms with Crippen molar-refractivity contribution < 1.29 is 14.3 Å². The number of amides is 1. The standard InChI is InChI=1S/C27H25ClN4O3S/c1-17(2)35-26(34)20-11-14-22(28)23(15-20)29-24(33)16-36-27-31-30-25(19-7-5-4-6-8-19)32(27)21-12-9-18(3)10-13-21/h4-15,17H,16H2,1-3H3,(H,29,33). The van der Waals surface area contributed by atoms with Crippen LogP contribution >= 0.6 is 23.4 Å². The van der Waals surface area contributed by atoms with E-state index in [1.54, 1.807) is 26.0 Å². The maximum Gasteiger partial charge on any atom is 0.338 e. The van der Waals surface area contributed by atoms with Gasteiger partial charge in [-0.1, -0.05) is 71.4 Å². The van der Waals surface area contributed by atoms with Gasteiger partial charge in [0.25, 0.3) is 0 Å². The van der Waals surface area contributed by atoms with E-state index in [2.05, 4.69) is 15.5 Å². The van der Waals surface area contributed by atoms with E-state index in [9.17, 15) is 9.59 Å². The number of rotatable bonds is 8. The molecule has 7 nitrogen and oxygen atoms in total. The van der Waals surface area contributed by atoms with Crippen molar-refractivity contribution in [1.29, 1.82) is 0 Å². The Balaban J connectivity index is 1.54. The van der Waals surface area contributed by atoms with Gasteiger partial charge in [-0.2, -0.15) is 0 Å². The van der Waals surface area contributed by atoms with Crippen LogP contribution in [0.15, 0.2) is 78.0 Å². The van der Waals surface area contributed by atoms with Crippen molar-refractivity contribution in [3.8, 4) is 17.1 Å². The fourth-order valence-electron chi connectivity index (χ4n) is 3.41. The Kier molecular flexibility index (Phi) is 8.07. The van der Waals surface area contributed by atoms with Gasteiger partial charge in [-0.25, -0.2) is 4.79 Å². The molecule has 3 aromatic carbocycles. The largest absolute Gasteiger partial charge is 0.459 e. The number of nitrogens with zero attached hydrogens (tertiary/aromatic N) is 3. The zero-order valence-electron chi connectivity index (χ0n) is 20.1. The summed E-state index contributed by atoms with van der Waals surface area (Å²) < 4.78 is 7.16. The van der Waals surface area contributed by atoms with Gasteiger partial charge < -0.3 is 10.1 Å². The van der Waals surface area contributed by atoms with Gasteiger partial charge in [0, 0.05) is 11.3 Å². The summed E-state index contributed by atoms with van der Waals surface area (Å²) in [5, 5.41) is 12.4. The van der Waals surface area contributed by atoms with Crippen LogP contribution in [-0.2, 0) is 9.53 Å². The lowest BCUT2D eigenvalue weighted by Crippen LogP contribution is -2.16. The van der Waals surface area contributed by atoms with Crippen LogP contribution in [0.4, 0.5) is 5.69 Å². The number of benzene rings is 3. The molecule has 0 aliphatic carbocycles. The molecule has 4 rings (SSSR count). The Bertz CT molecular complexity index is 1370. The predicted octanol–water partition coefficient (Wildman–Crippen LogP) is 6.19. The van der Waals surface area contributed by atoms with Gasteiger partial charge in [0.15, 0.2) is 11.0 Å². The minimum absolute atomic E-state index is 0.0653. The van der Waals surface area contributed by atoms with Crippen molar-refractivity contribution in [2.75, 3.05) is 11.1 Å². The summed E-state index contributed by atoms with van der Waals surface area (Å²) in [4.78, 5) is 25.0. The van der Waals surface area contributed by atoms with Crippen LogP contribution in [0.1, 0.15) is 29.8 Å². The molecule has 4 aromatic rings. The highest BCUT2D eigenvalue weighted by atomic mass is 35.5. The number of aromatic nitrogens is 3. The van der Waals surface area contributed by atoms with Gasteiger partial charge in [0.1, 0.15) is 0 Å². The van der Waals surface area contributed by atoms with E-state index in [0.717, 1.165) is 16.8 Å². The van der Waals surface area contributed by atoms with Gasteiger partial charge in [-0.15, -0.1) is 10.2 Å². The van der Waals surface area contributed by atoms with Gasteiger partial charge >= 0.3 is 5.97 Å². The molecule has 1 N–H and O–H groups in total. The number of carbonyl (C=O) groups excluding carboxylic acids is 2. The number of nitrogens with one attached hydrogen (secondary N) is 1. The van der Waals surface area contributed by atoms with Crippen LogP contribution in [0.25, 0.3) is 17.1 Å². The van der Waals surface area contributed by atoms with Crippen molar-refractivity contribution in [3.05, 3.63) is 88.9 Å². The molecule has 0 aliphatic heterocycles. The number of aryl methyl sites for hydroxylation is 1. The molecule has 1 amide bonds. The van der Waals surface area contributed by atoms with E-state index in [-0.39, 0.29) is 17.8 Å². The number of carbonyl (C=O) groups is 2. The van der Waals surface area contributed by atoms with Crippen LogP contribution in [0.2, 0.25) is 5.02 Å². The smallest absolute Gasteiger partial charge is 0.338 e. The molecule has 9 heteroatoms. The minimum atomic E-state index is -0.480. The van der Waals surface area contributed by atoms with Crippen LogP contribution in [0.3, 0.4) is 0 Å². The molecule has 0 spiro atoms. The molecule has 0 radical (unpaired) electrons. The first-order valence-corrected chi connectivity index (χ1v) is 12.7. The van der Waals surface area contributed by atoms with E-state index < -0.39 is 5.97 Å². The van der Waals surface area contributed by atoms with E-state index >= 15 is 0 Å². The predicted molar refractivity (Wildman–Crippen MR) is 143 cm³/mol. The average molecular weight is 521 g/mol. The Morgan fingerprint density at radius 2 is 1.75 bits per heavy atom. The molecule has 0 atom stereocenters. The first kappa shape index (κ1) is 25.5. The van der Waals surface area contributed by atoms with Crippen molar-refractivity contribution in [3.63, 3.8) is 0 Å². The van der Waals surface area contributed by atoms with Crippen molar-refractivity contribution in [1.82, 2.24) is 14.8 Å². The van der Waals surface area contributed by atoms with Crippen molar-refractivity contribution >= 4 is 40.9 Å². The normalized spacial score (nSPS) is 10.9. The zero-order valence-corrected chi connectivity index (χ0v) is 21.6. The highest BCUT2D eigenvalue weighted by molar-refractivity contribution is 7.99. The summed E-state index contributed by atoms with van der Waals surface area (Å²) >= 11 is 7.51. The van der Waals surface area contributed by atoms with Crippen LogP contribution < -0.4 is 5.32 Å². The lowest BCUT2D eigenvalue weighted by atomic mass is 10.2. The highest BCUT2D eigenvalue weighted by Gasteiger charge is 2.18. The van der Waals surface area contributed by atoms with Crippen molar-refractivity contribution in [2.24, 2.45) is 0 Å². The molecule has 0 saturated carbocycles. The summed E-state index contributed by atoms with van der Waals surface area (Å²) in [6, 6.07) is 22.4. The van der Waals surface area contributed by atoms with E-state index in [4.69, 9.17) is 16.3 Å². The zero-order chi connectivity index (χ0) is 25.7. The quantitative estimate of drug-likeness (QED) is 0.220. The van der Waals surface area contributed by atoms with Gasteiger partial charge in [-0.3, -0.25) is 9.36 Å². The SMILES string of the molecule is Cc1ccc(-n2c(SCC(=O)Nc3cc(C(=O)OC(C)C)ccc3Cl)nnc2-c2ccccc2)cc1. The lowest BCUT2D eigenvalue weighted by Gasteiger charge is -2.12. The molecular weight excluding hydrogens is 496 g/mol. The number of hydrogen-bond acceptors (Lipinski definition) is 6. The molecular formula is C27H25ClN4O3S.